The summed E-state index contributed by atoms with van der Waals surface area (Å²) in [5.41, 5.74) is 4.76. The van der Waals surface area contributed by atoms with Crippen LogP contribution in [0.1, 0.15) is 5.56 Å². The lowest BCUT2D eigenvalue weighted by Crippen LogP contribution is -2.12. The molecule has 1 aliphatic heterocycles. The summed E-state index contributed by atoms with van der Waals surface area (Å²) in [7, 11) is 1.63. The van der Waals surface area contributed by atoms with Gasteiger partial charge in [-0.1, -0.05) is 0 Å². The van der Waals surface area contributed by atoms with Crippen LogP contribution in [-0.2, 0) is 11.2 Å². The van der Waals surface area contributed by atoms with E-state index in [-0.39, 0.29) is 12.3 Å². The Hall–Kier alpha value is -4.20. The quantitative estimate of drug-likeness (QED) is 0.483. The van der Waals surface area contributed by atoms with Gasteiger partial charge in [-0.25, -0.2) is 15.0 Å². The Morgan fingerprint density at radius 1 is 1.10 bits per heavy atom. The van der Waals surface area contributed by atoms with Crippen molar-refractivity contribution in [3.05, 3.63) is 66.6 Å². The second-order valence-electron chi connectivity index (χ2n) is 6.84. The monoisotopic (exact) mass is 398 g/mol. The van der Waals surface area contributed by atoms with Gasteiger partial charge in [0.15, 0.2) is 0 Å². The van der Waals surface area contributed by atoms with Crippen LogP contribution < -0.4 is 15.4 Å². The molecule has 0 fully saturated rings. The zero-order valence-corrected chi connectivity index (χ0v) is 16.1. The van der Waals surface area contributed by atoms with Gasteiger partial charge in [0.2, 0.25) is 11.9 Å². The topological polar surface area (TPSA) is 105 Å². The third-order valence-electron chi connectivity index (χ3n) is 4.88. The summed E-state index contributed by atoms with van der Waals surface area (Å²) < 4.78 is 5.19. The molecule has 2 aromatic heterocycles. The molecule has 2 aromatic carbocycles. The fourth-order valence-corrected chi connectivity index (χ4v) is 3.42. The van der Waals surface area contributed by atoms with Gasteiger partial charge in [0.05, 0.1) is 24.9 Å². The number of ether oxygens (including phenoxy) is 1. The van der Waals surface area contributed by atoms with E-state index in [9.17, 15) is 4.79 Å². The summed E-state index contributed by atoms with van der Waals surface area (Å²) in [5.74, 6) is 1.87. The number of nitrogens with zero attached hydrogens (tertiary/aromatic N) is 3. The average molecular weight is 398 g/mol. The lowest BCUT2D eigenvalue weighted by Gasteiger charge is -2.12. The van der Waals surface area contributed by atoms with Gasteiger partial charge in [-0.15, -0.1) is 0 Å². The molecule has 0 spiro atoms. The van der Waals surface area contributed by atoms with Crippen LogP contribution in [-0.4, -0.2) is 33.0 Å². The third kappa shape index (κ3) is 3.35. The summed E-state index contributed by atoms with van der Waals surface area (Å²) >= 11 is 0. The third-order valence-corrected chi connectivity index (χ3v) is 4.88. The van der Waals surface area contributed by atoms with Crippen molar-refractivity contribution in [3.8, 4) is 28.4 Å². The molecule has 0 saturated heterocycles. The maximum Gasteiger partial charge on any atom is 0.228 e. The minimum absolute atomic E-state index is 0.0970. The van der Waals surface area contributed by atoms with Crippen LogP contribution >= 0.6 is 0 Å². The first kappa shape index (κ1) is 17.9. The SMILES string of the molecule is COc1ccc(Nc2ncc3c(n2)-c2cc(-c4ncc[nH]4)ccc2NC(=O)C3)cc1. The average Bonchev–Trinajstić information content (AvgIpc) is 3.26. The minimum atomic E-state index is -0.0970. The van der Waals surface area contributed by atoms with Gasteiger partial charge in [-0.3, -0.25) is 4.79 Å². The predicted octanol–water partition coefficient (Wildman–Crippen LogP) is 3.78. The van der Waals surface area contributed by atoms with Gasteiger partial charge in [0.25, 0.3) is 0 Å². The number of H-pyrrole nitrogens is 1. The van der Waals surface area contributed by atoms with E-state index in [0.29, 0.717) is 17.3 Å². The maximum absolute atomic E-state index is 12.3. The Balaban J connectivity index is 1.57. The highest BCUT2D eigenvalue weighted by atomic mass is 16.5. The molecule has 3 N–H and O–H groups in total. The zero-order valence-electron chi connectivity index (χ0n) is 16.1. The van der Waals surface area contributed by atoms with Crippen LogP contribution in [0.25, 0.3) is 22.6 Å². The van der Waals surface area contributed by atoms with E-state index in [1.165, 1.54) is 0 Å². The molecule has 0 atom stereocenters. The molecule has 0 saturated carbocycles. The Kier molecular flexibility index (Phi) is 4.36. The molecule has 0 aliphatic carbocycles. The number of methoxy groups -OCH3 is 1. The number of hydrogen-bond acceptors (Lipinski definition) is 6. The lowest BCUT2D eigenvalue weighted by atomic mass is 10.0. The first-order chi connectivity index (χ1) is 14.7. The van der Waals surface area contributed by atoms with Crippen LogP contribution in [0.4, 0.5) is 17.3 Å². The molecule has 8 heteroatoms. The Bertz CT molecular complexity index is 1220. The molecule has 148 valence electrons. The number of fused-ring (bicyclic) bond motifs is 3. The summed E-state index contributed by atoms with van der Waals surface area (Å²) in [6, 6.07) is 13.3. The second kappa shape index (κ2) is 7.32. The fourth-order valence-electron chi connectivity index (χ4n) is 3.42. The smallest absolute Gasteiger partial charge is 0.228 e. The normalized spacial score (nSPS) is 12.4. The number of aromatic amines is 1. The van der Waals surface area contributed by atoms with Gasteiger partial charge in [0, 0.05) is 41.0 Å². The molecule has 1 aliphatic rings. The summed E-state index contributed by atoms with van der Waals surface area (Å²) in [4.78, 5) is 28.9. The van der Waals surface area contributed by atoms with E-state index in [2.05, 4.69) is 25.6 Å². The van der Waals surface area contributed by atoms with E-state index in [1.807, 2.05) is 42.5 Å². The molecule has 4 aromatic rings. The van der Waals surface area contributed by atoms with Crippen molar-refractivity contribution in [1.82, 2.24) is 19.9 Å². The molecule has 0 radical (unpaired) electrons. The molecule has 0 bridgehead atoms. The predicted molar refractivity (Wildman–Crippen MR) is 114 cm³/mol. The lowest BCUT2D eigenvalue weighted by molar-refractivity contribution is -0.115. The number of anilines is 3. The number of carbonyl (C=O) groups excluding carboxylic acids is 1. The number of imidazole rings is 1. The van der Waals surface area contributed by atoms with Crippen molar-refractivity contribution < 1.29 is 9.53 Å². The molecule has 1 amide bonds. The molecule has 30 heavy (non-hydrogen) atoms. The van der Waals surface area contributed by atoms with Crippen molar-refractivity contribution in [1.29, 1.82) is 0 Å². The number of benzene rings is 2. The van der Waals surface area contributed by atoms with Crippen molar-refractivity contribution in [2.75, 3.05) is 17.7 Å². The van der Waals surface area contributed by atoms with E-state index in [0.717, 1.165) is 34.0 Å². The highest BCUT2D eigenvalue weighted by molar-refractivity contribution is 6.00. The number of carbonyl (C=O) groups is 1. The highest BCUT2D eigenvalue weighted by Gasteiger charge is 2.22. The van der Waals surface area contributed by atoms with E-state index < -0.39 is 0 Å². The molecular weight excluding hydrogens is 380 g/mol. The highest BCUT2D eigenvalue weighted by Crippen LogP contribution is 2.35. The number of aromatic nitrogens is 4. The van der Waals surface area contributed by atoms with Crippen molar-refractivity contribution >= 4 is 23.2 Å². The number of rotatable bonds is 4. The molecule has 5 rings (SSSR count). The summed E-state index contributed by atoms with van der Waals surface area (Å²) in [6.07, 6.45) is 5.39. The van der Waals surface area contributed by atoms with Crippen LogP contribution in [0, 0.1) is 0 Å². The fraction of sp³-hybridized carbons (Fsp3) is 0.0909. The largest absolute Gasteiger partial charge is 0.497 e. The first-order valence-corrected chi connectivity index (χ1v) is 9.40. The first-order valence-electron chi connectivity index (χ1n) is 9.40. The van der Waals surface area contributed by atoms with Gasteiger partial charge in [0.1, 0.15) is 11.6 Å². The molecule has 0 unspecified atom stereocenters. The molecule has 8 nitrogen and oxygen atoms in total. The standard InChI is InChI=1S/C22H18N6O2/c1-30-16-5-3-15(4-6-16)26-22-25-12-14-11-19(29)27-18-7-2-13(21-23-8-9-24-21)10-17(18)20(14)28-22/h2-10,12H,11H2,1H3,(H,23,24)(H,27,29)(H,25,26,28). The van der Waals surface area contributed by atoms with Crippen LogP contribution in [0.2, 0.25) is 0 Å². The number of amides is 1. The van der Waals surface area contributed by atoms with Crippen LogP contribution in [0.15, 0.2) is 61.1 Å². The summed E-state index contributed by atoms with van der Waals surface area (Å²) in [5, 5.41) is 6.16. The van der Waals surface area contributed by atoms with Crippen molar-refractivity contribution in [3.63, 3.8) is 0 Å². The Labute approximate surface area is 172 Å². The second-order valence-corrected chi connectivity index (χ2v) is 6.84. The minimum Gasteiger partial charge on any atom is -0.497 e. The van der Waals surface area contributed by atoms with E-state index in [1.54, 1.807) is 25.7 Å². The number of hydrogen-bond donors (Lipinski definition) is 3. The number of nitrogens with one attached hydrogen (secondary N) is 3. The molecule has 3 heterocycles. The molecular formula is C22H18N6O2. The van der Waals surface area contributed by atoms with E-state index >= 15 is 0 Å². The van der Waals surface area contributed by atoms with Crippen molar-refractivity contribution in [2.24, 2.45) is 0 Å². The van der Waals surface area contributed by atoms with Gasteiger partial charge in [-0.05, 0) is 42.5 Å². The van der Waals surface area contributed by atoms with Gasteiger partial charge in [-0.2, -0.15) is 0 Å². The zero-order chi connectivity index (χ0) is 20.5. The van der Waals surface area contributed by atoms with Gasteiger partial charge < -0.3 is 20.4 Å². The van der Waals surface area contributed by atoms with Crippen LogP contribution in [0.5, 0.6) is 5.75 Å². The van der Waals surface area contributed by atoms with Gasteiger partial charge >= 0.3 is 0 Å². The summed E-state index contributed by atoms with van der Waals surface area (Å²) in [6.45, 7) is 0. The van der Waals surface area contributed by atoms with Crippen molar-refractivity contribution in [2.45, 2.75) is 6.42 Å². The maximum atomic E-state index is 12.3. The van der Waals surface area contributed by atoms with Crippen LogP contribution in [0.3, 0.4) is 0 Å². The van der Waals surface area contributed by atoms with E-state index in [4.69, 9.17) is 9.72 Å². The Morgan fingerprint density at radius 3 is 2.73 bits per heavy atom. The Morgan fingerprint density at radius 2 is 1.97 bits per heavy atom.